The molecule has 2 saturated heterocycles. The molecule has 3 heteroatoms. The number of hydrogen-bond donors (Lipinski definition) is 0. The minimum atomic E-state index is 0.882. The lowest BCUT2D eigenvalue weighted by Crippen LogP contribution is -2.40. The van der Waals surface area contributed by atoms with E-state index in [2.05, 4.69) is 26.9 Å². The lowest BCUT2D eigenvalue weighted by atomic mass is 9.88. The van der Waals surface area contributed by atoms with E-state index in [9.17, 15) is 0 Å². The van der Waals surface area contributed by atoms with Gasteiger partial charge in [0, 0.05) is 38.9 Å². The molecule has 1 aromatic heterocycles. The largest absolute Gasteiger partial charge is 0.370 e. The fraction of sp³-hybridized carbons (Fsp3) is 0.688. The first kappa shape index (κ1) is 11.7. The van der Waals surface area contributed by atoms with Crippen molar-refractivity contribution in [1.82, 2.24) is 9.88 Å². The Kier molecular flexibility index (Phi) is 2.95. The molecule has 0 N–H and O–H groups in total. The lowest BCUT2D eigenvalue weighted by molar-refractivity contribution is 0.308. The van der Waals surface area contributed by atoms with Crippen molar-refractivity contribution in [3.63, 3.8) is 0 Å². The molecule has 0 spiro atoms. The third kappa shape index (κ3) is 2.48. The number of hydrogen-bond acceptors (Lipinski definition) is 3. The quantitative estimate of drug-likeness (QED) is 0.828. The highest BCUT2D eigenvalue weighted by atomic mass is 15.2. The van der Waals surface area contributed by atoms with Crippen molar-refractivity contribution >= 4 is 5.69 Å². The Balaban J connectivity index is 1.40. The highest BCUT2D eigenvalue weighted by Crippen LogP contribution is 2.36. The van der Waals surface area contributed by atoms with Gasteiger partial charge >= 0.3 is 0 Å². The molecule has 2 aliphatic heterocycles. The monoisotopic (exact) mass is 257 g/mol. The maximum absolute atomic E-state index is 4.26. The Bertz CT molecular complexity index is 429. The van der Waals surface area contributed by atoms with Crippen LogP contribution in [0.2, 0.25) is 0 Å². The Labute approximate surface area is 115 Å². The average molecular weight is 257 g/mol. The maximum Gasteiger partial charge on any atom is 0.0552 e. The zero-order valence-electron chi connectivity index (χ0n) is 11.5. The molecule has 1 saturated carbocycles. The first-order chi connectivity index (χ1) is 9.38. The van der Waals surface area contributed by atoms with E-state index in [0.29, 0.717) is 0 Å². The average Bonchev–Trinajstić information content (AvgIpc) is 3.17. The molecule has 2 atom stereocenters. The first-order valence-corrected chi connectivity index (χ1v) is 7.76. The molecule has 0 aromatic carbocycles. The van der Waals surface area contributed by atoms with Crippen molar-refractivity contribution in [2.45, 2.75) is 19.3 Å². The van der Waals surface area contributed by atoms with Crippen LogP contribution >= 0.6 is 0 Å². The molecule has 3 nitrogen and oxygen atoms in total. The summed E-state index contributed by atoms with van der Waals surface area (Å²) in [7, 11) is 0. The summed E-state index contributed by atoms with van der Waals surface area (Å²) in [6.45, 7) is 6.52. The SMILES string of the molecule is c1cncc(N2CC[C@H]3CN(CC4CC4)C[C@H]3C2)c1. The van der Waals surface area contributed by atoms with Gasteiger partial charge in [0.15, 0.2) is 0 Å². The Morgan fingerprint density at radius 1 is 1.11 bits per heavy atom. The molecular formula is C16H23N3. The molecule has 1 aromatic rings. The molecule has 1 aliphatic carbocycles. The fourth-order valence-corrected chi connectivity index (χ4v) is 3.86. The summed E-state index contributed by atoms with van der Waals surface area (Å²) in [5.74, 6) is 2.87. The molecule has 0 amide bonds. The number of aromatic nitrogens is 1. The molecule has 19 heavy (non-hydrogen) atoms. The summed E-state index contributed by atoms with van der Waals surface area (Å²) in [6.07, 6.45) is 8.20. The van der Waals surface area contributed by atoms with Gasteiger partial charge in [0.2, 0.25) is 0 Å². The Morgan fingerprint density at radius 2 is 2.00 bits per heavy atom. The van der Waals surface area contributed by atoms with E-state index >= 15 is 0 Å². The number of pyridine rings is 1. The van der Waals surface area contributed by atoms with Crippen LogP contribution in [0.4, 0.5) is 5.69 Å². The van der Waals surface area contributed by atoms with Crippen LogP contribution in [0.1, 0.15) is 19.3 Å². The van der Waals surface area contributed by atoms with Gasteiger partial charge in [-0.05, 0) is 49.1 Å². The molecule has 0 unspecified atom stereocenters. The van der Waals surface area contributed by atoms with Crippen LogP contribution in [0.3, 0.4) is 0 Å². The summed E-state index contributed by atoms with van der Waals surface area (Å²) in [5, 5.41) is 0. The minimum absolute atomic E-state index is 0.882. The molecule has 3 heterocycles. The normalized spacial score (nSPS) is 31.5. The van der Waals surface area contributed by atoms with Gasteiger partial charge in [-0.2, -0.15) is 0 Å². The van der Waals surface area contributed by atoms with E-state index in [1.165, 1.54) is 57.7 Å². The lowest BCUT2D eigenvalue weighted by Gasteiger charge is -2.35. The van der Waals surface area contributed by atoms with Gasteiger partial charge in [0.05, 0.1) is 11.9 Å². The summed E-state index contributed by atoms with van der Waals surface area (Å²) < 4.78 is 0. The van der Waals surface area contributed by atoms with Crippen molar-refractivity contribution < 1.29 is 0 Å². The predicted octanol–water partition coefficient (Wildman–Crippen LogP) is 2.25. The second-order valence-electron chi connectivity index (χ2n) is 6.63. The number of likely N-dealkylation sites (tertiary alicyclic amines) is 1. The topological polar surface area (TPSA) is 19.4 Å². The number of nitrogens with zero attached hydrogens (tertiary/aromatic N) is 3. The summed E-state index contributed by atoms with van der Waals surface area (Å²) in [4.78, 5) is 9.53. The van der Waals surface area contributed by atoms with Gasteiger partial charge in [-0.25, -0.2) is 0 Å². The van der Waals surface area contributed by atoms with Crippen LogP contribution in [0.15, 0.2) is 24.5 Å². The van der Waals surface area contributed by atoms with E-state index < -0.39 is 0 Å². The smallest absolute Gasteiger partial charge is 0.0552 e. The van der Waals surface area contributed by atoms with E-state index in [1.54, 1.807) is 0 Å². The molecule has 102 valence electrons. The maximum atomic E-state index is 4.26. The second kappa shape index (κ2) is 4.78. The number of fused-ring (bicyclic) bond motifs is 1. The van der Waals surface area contributed by atoms with E-state index in [0.717, 1.165) is 17.8 Å². The molecule has 0 bridgehead atoms. The van der Waals surface area contributed by atoms with Crippen LogP contribution < -0.4 is 4.90 Å². The van der Waals surface area contributed by atoms with Crippen molar-refractivity contribution in [2.75, 3.05) is 37.6 Å². The second-order valence-corrected chi connectivity index (χ2v) is 6.63. The van der Waals surface area contributed by atoms with Crippen molar-refractivity contribution in [3.05, 3.63) is 24.5 Å². The number of piperidine rings is 1. The Morgan fingerprint density at radius 3 is 2.79 bits per heavy atom. The minimum Gasteiger partial charge on any atom is -0.370 e. The van der Waals surface area contributed by atoms with Crippen molar-refractivity contribution in [2.24, 2.45) is 17.8 Å². The third-order valence-electron chi connectivity index (χ3n) is 5.10. The Hall–Kier alpha value is -1.09. The van der Waals surface area contributed by atoms with Gasteiger partial charge in [-0.3, -0.25) is 4.98 Å². The molecular weight excluding hydrogens is 234 g/mol. The standard InChI is InChI=1S/C16H23N3/c1-2-16(8-17-6-1)19-7-5-14-10-18(9-13-3-4-13)11-15(14)12-19/h1-2,6,8,13-15H,3-5,7,9-12H2/t14-,15-/m0/s1. The third-order valence-corrected chi connectivity index (χ3v) is 5.10. The number of anilines is 1. The summed E-state index contributed by atoms with van der Waals surface area (Å²) >= 11 is 0. The zero-order valence-corrected chi connectivity index (χ0v) is 11.5. The molecule has 3 fully saturated rings. The molecule has 3 aliphatic rings. The van der Waals surface area contributed by atoms with Crippen LogP contribution in [0.5, 0.6) is 0 Å². The molecule has 0 radical (unpaired) electrons. The van der Waals surface area contributed by atoms with Gasteiger partial charge in [-0.1, -0.05) is 0 Å². The van der Waals surface area contributed by atoms with E-state index in [1.807, 2.05) is 12.4 Å². The van der Waals surface area contributed by atoms with Gasteiger partial charge in [0.1, 0.15) is 0 Å². The summed E-state index contributed by atoms with van der Waals surface area (Å²) in [5.41, 5.74) is 1.31. The van der Waals surface area contributed by atoms with Crippen molar-refractivity contribution in [1.29, 1.82) is 0 Å². The van der Waals surface area contributed by atoms with E-state index in [4.69, 9.17) is 0 Å². The van der Waals surface area contributed by atoms with E-state index in [-0.39, 0.29) is 0 Å². The number of rotatable bonds is 3. The first-order valence-electron chi connectivity index (χ1n) is 7.76. The van der Waals surface area contributed by atoms with Crippen LogP contribution in [0.25, 0.3) is 0 Å². The highest BCUT2D eigenvalue weighted by molar-refractivity contribution is 5.44. The zero-order chi connectivity index (χ0) is 12.7. The predicted molar refractivity (Wildman–Crippen MR) is 77.2 cm³/mol. The van der Waals surface area contributed by atoms with Crippen molar-refractivity contribution in [3.8, 4) is 0 Å². The molecule has 4 rings (SSSR count). The van der Waals surface area contributed by atoms with Crippen LogP contribution in [-0.4, -0.2) is 42.6 Å². The highest BCUT2D eigenvalue weighted by Gasteiger charge is 2.38. The van der Waals surface area contributed by atoms with Gasteiger partial charge < -0.3 is 9.80 Å². The summed E-state index contributed by atoms with van der Waals surface area (Å²) in [6, 6.07) is 4.25. The van der Waals surface area contributed by atoms with Crippen LogP contribution in [-0.2, 0) is 0 Å². The fourth-order valence-electron chi connectivity index (χ4n) is 3.86. The van der Waals surface area contributed by atoms with Gasteiger partial charge in [0.25, 0.3) is 0 Å². The van der Waals surface area contributed by atoms with Gasteiger partial charge in [-0.15, -0.1) is 0 Å². The van der Waals surface area contributed by atoms with Crippen LogP contribution in [0, 0.1) is 17.8 Å².